The number of nitrogens with one attached hydrogen (secondary N) is 1. The van der Waals surface area contributed by atoms with Gasteiger partial charge in [0, 0.05) is 11.4 Å². The van der Waals surface area contributed by atoms with Crippen LogP contribution in [0.4, 0.5) is 11.4 Å². The summed E-state index contributed by atoms with van der Waals surface area (Å²) in [6.07, 6.45) is 0. The van der Waals surface area contributed by atoms with Crippen LogP contribution in [0.5, 0.6) is 0 Å². The van der Waals surface area contributed by atoms with Crippen LogP contribution < -0.4 is 5.32 Å². The minimum Gasteiger partial charge on any atom is -0.356 e. The molecule has 0 fully saturated rings. The van der Waals surface area contributed by atoms with E-state index < -0.39 is 0 Å². The Morgan fingerprint density at radius 1 is 0.320 bits per heavy atom. The lowest BCUT2D eigenvalue weighted by atomic mass is 10.0. The minimum atomic E-state index is 1.09. The zero-order valence-corrected chi connectivity index (χ0v) is 13.9. The molecule has 0 aliphatic carbocycles. The third-order valence-electron chi connectivity index (χ3n) is 4.27. The molecular formula is C24H19N. The van der Waals surface area contributed by atoms with Crippen LogP contribution in [0.2, 0.25) is 0 Å². The number of hydrogen-bond acceptors (Lipinski definition) is 1. The van der Waals surface area contributed by atoms with Gasteiger partial charge in [0.05, 0.1) is 0 Å². The summed E-state index contributed by atoms with van der Waals surface area (Å²) < 4.78 is 0. The standard InChI is InChI=1S/C24H19N/c1-3-7-19(8-4-1)21-11-15-23(16-12-21)25-24-17-13-22(14-18-24)20-9-5-2-6-10-20/h1-18,25H. The molecule has 25 heavy (non-hydrogen) atoms. The minimum absolute atomic E-state index is 1.09. The fraction of sp³-hybridized carbons (Fsp3) is 0. The van der Waals surface area contributed by atoms with E-state index in [1.807, 2.05) is 12.1 Å². The molecule has 0 unspecified atom stereocenters. The number of hydrogen-bond donors (Lipinski definition) is 1. The van der Waals surface area contributed by atoms with Crippen molar-refractivity contribution >= 4 is 11.4 Å². The van der Waals surface area contributed by atoms with E-state index in [4.69, 9.17) is 0 Å². The van der Waals surface area contributed by atoms with Crippen LogP contribution in [0.25, 0.3) is 22.3 Å². The van der Waals surface area contributed by atoms with Crippen LogP contribution in [0.3, 0.4) is 0 Å². The summed E-state index contributed by atoms with van der Waals surface area (Å²) in [5.41, 5.74) is 7.11. The van der Waals surface area contributed by atoms with Gasteiger partial charge in [-0.15, -0.1) is 0 Å². The van der Waals surface area contributed by atoms with Gasteiger partial charge in [0.25, 0.3) is 0 Å². The van der Waals surface area contributed by atoms with Crippen molar-refractivity contribution in [2.45, 2.75) is 0 Å². The summed E-state index contributed by atoms with van der Waals surface area (Å²) in [5.74, 6) is 0. The first-order chi connectivity index (χ1) is 12.4. The highest BCUT2D eigenvalue weighted by molar-refractivity contribution is 5.70. The van der Waals surface area contributed by atoms with Gasteiger partial charge in [-0.2, -0.15) is 0 Å². The van der Waals surface area contributed by atoms with Crippen LogP contribution >= 0.6 is 0 Å². The lowest BCUT2D eigenvalue weighted by Gasteiger charge is -2.09. The van der Waals surface area contributed by atoms with E-state index in [2.05, 4.69) is 102 Å². The molecule has 0 saturated heterocycles. The highest BCUT2D eigenvalue weighted by Crippen LogP contribution is 2.25. The molecule has 0 heterocycles. The summed E-state index contributed by atoms with van der Waals surface area (Å²) in [7, 11) is 0. The fourth-order valence-corrected chi connectivity index (χ4v) is 2.92. The van der Waals surface area contributed by atoms with Crippen molar-refractivity contribution in [1.29, 1.82) is 0 Å². The Morgan fingerprint density at radius 2 is 0.640 bits per heavy atom. The topological polar surface area (TPSA) is 12.0 Å². The lowest BCUT2D eigenvalue weighted by Crippen LogP contribution is -1.90. The highest BCUT2D eigenvalue weighted by atomic mass is 14.9. The van der Waals surface area contributed by atoms with Gasteiger partial charge >= 0.3 is 0 Å². The van der Waals surface area contributed by atoms with Crippen molar-refractivity contribution in [2.75, 3.05) is 5.32 Å². The molecule has 0 aliphatic rings. The van der Waals surface area contributed by atoms with Gasteiger partial charge in [-0.05, 0) is 46.5 Å². The predicted molar refractivity (Wildman–Crippen MR) is 107 cm³/mol. The smallest absolute Gasteiger partial charge is 0.0384 e. The molecule has 0 radical (unpaired) electrons. The van der Waals surface area contributed by atoms with Crippen molar-refractivity contribution in [1.82, 2.24) is 0 Å². The molecule has 0 saturated carbocycles. The van der Waals surface area contributed by atoms with Crippen molar-refractivity contribution in [2.24, 2.45) is 0 Å². The van der Waals surface area contributed by atoms with Gasteiger partial charge in [-0.3, -0.25) is 0 Å². The van der Waals surface area contributed by atoms with E-state index in [1.54, 1.807) is 0 Å². The van der Waals surface area contributed by atoms with Gasteiger partial charge in [0.2, 0.25) is 0 Å². The summed E-state index contributed by atoms with van der Waals surface area (Å²) in [4.78, 5) is 0. The van der Waals surface area contributed by atoms with E-state index in [-0.39, 0.29) is 0 Å². The van der Waals surface area contributed by atoms with E-state index in [0.717, 1.165) is 11.4 Å². The molecule has 0 aromatic heterocycles. The maximum absolute atomic E-state index is 3.46. The zero-order chi connectivity index (χ0) is 16.9. The molecule has 120 valence electrons. The largest absolute Gasteiger partial charge is 0.356 e. The van der Waals surface area contributed by atoms with Crippen LogP contribution in [0.15, 0.2) is 109 Å². The molecule has 4 rings (SSSR count). The normalized spacial score (nSPS) is 10.4. The Labute approximate surface area is 148 Å². The average Bonchev–Trinajstić information content (AvgIpc) is 2.71. The quantitative estimate of drug-likeness (QED) is 0.437. The Bertz CT molecular complexity index is 844. The van der Waals surface area contributed by atoms with Crippen LogP contribution in [-0.4, -0.2) is 0 Å². The third-order valence-corrected chi connectivity index (χ3v) is 4.27. The van der Waals surface area contributed by atoms with Gasteiger partial charge in [-0.1, -0.05) is 84.9 Å². The molecule has 4 aromatic rings. The van der Waals surface area contributed by atoms with Crippen LogP contribution in [0.1, 0.15) is 0 Å². The number of benzene rings is 4. The molecule has 1 N–H and O–H groups in total. The maximum atomic E-state index is 3.46. The van der Waals surface area contributed by atoms with Crippen LogP contribution in [0, 0.1) is 0 Å². The Kier molecular flexibility index (Phi) is 4.30. The van der Waals surface area contributed by atoms with E-state index in [9.17, 15) is 0 Å². The highest BCUT2D eigenvalue weighted by Gasteiger charge is 2.00. The molecule has 1 heteroatoms. The molecule has 0 atom stereocenters. The molecule has 0 aliphatic heterocycles. The van der Waals surface area contributed by atoms with E-state index in [0.29, 0.717) is 0 Å². The fourth-order valence-electron chi connectivity index (χ4n) is 2.92. The van der Waals surface area contributed by atoms with Crippen molar-refractivity contribution in [3.05, 3.63) is 109 Å². The number of anilines is 2. The second-order valence-electron chi connectivity index (χ2n) is 6.01. The third kappa shape index (κ3) is 3.61. The lowest BCUT2D eigenvalue weighted by molar-refractivity contribution is 1.53. The van der Waals surface area contributed by atoms with Crippen molar-refractivity contribution in [3.8, 4) is 22.3 Å². The first-order valence-corrected chi connectivity index (χ1v) is 8.46. The Hall–Kier alpha value is -3.32. The summed E-state index contributed by atoms with van der Waals surface area (Å²) in [5, 5.41) is 3.46. The van der Waals surface area contributed by atoms with Crippen LogP contribution in [-0.2, 0) is 0 Å². The number of rotatable bonds is 4. The van der Waals surface area contributed by atoms with Gasteiger partial charge in [0.15, 0.2) is 0 Å². The summed E-state index contributed by atoms with van der Waals surface area (Å²) in [6, 6.07) is 37.9. The first kappa shape index (κ1) is 15.2. The van der Waals surface area contributed by atoms with Gasteiger partial charge in [0.1, 0.15) is 0 Å². The molecule has 0 spiro atoms. The summed E-state index contributed by atoms with van der Waals surface area (Å²) in [6.45, 7) is 0. The van der Waals surface area contributed by atoms with Crippen molar-refractivity contribution < 1.29 is 0 Å². The SMILES string of the molecule is c1ccc(-c2ccc(Nc3ccc(-c4ccccc4)cc3)cc2)cc1. The summed E-state index contributed by atoms with van der Waals surface area (Å²) >= 11 is 0. The molecule has 0 amide bonds. The van der Waals surface area contributed by atoms with Gasteiger partial charge in [-0.25, -0.2) is 0 Å². The predicted octanol–water partition coefficient (Wildman–Crippen LogP) is 6.76. The zero-order valence-electron chi connectivity index (χ0n) is 13.9. The van der Waals surface area contributed by atoms with Gasteiger partial charge < -0.3 is 5.32 Å². The Morgan fingerprint density at radius 3 is 1.00 bits per heavy atom. The maximum Gasteiger partial charge on any atom is 0.0384 e. The second-order valence-corrected chi connectivity index (χ2v) is 6.01. The Balaban J connectivity index is 1.49. The average molecular weight is 321 g/mol. The van der Waals surface area contributed by atoms with Crippen molar-refractivity contribution in [3.63, 3.8) is 0 Å². The molecular weight excluding hydrogens is 302 g/mol. The van der Waals surface area contributed by atoms with E-state index in [1.165, 1.54) is 22.3 Å². The molecule has 4 aromatic carbocycles. The second kappa shape index (κ2) is 7.06. The van der Waals surface area contributed by atoms with E-state index >= 15 is 0 Å². The monoisotopic (exact) mass is 321 g/mol. The molecule has 0 bridgehead atoms. The first-order valence-electron chi connectivity index (χ1n) is 8.46. The molecule has 1 nitrogen and oxygen atoms in total.